The van der Waals surface area contributed by atoms with E-state index in [0.717, 1.165) is 17.1 Å². The number of H-pyrrole nitrogens is 1. The zero-order chi connectivity index (χ0) is 25.4. The Labute approximate surface area is 202 Å². The maximum atomic E-state index is 14.7. The number of benzene rings is 2. The average molecular weight is 495 g/mol. The van der Waals surface area contributed by atoms with Gasteiger partial charge in [-0.3, -0.25) is 9.36 Å². The molecule has 6 nitrogen and oxygen atoms in total. The first-order valence-electron chi connectivity index (χ1n) is 11.3. The van der Waals surface area contributed by atoms with Crippen molar-refractivity contribution in [1.29, 1.82) is 0 Å². The third-order valence-electron chi connectivity index (χ3n) is 5.96. The maximum Gasteiger partial charge on any atom is 0.393 e. The fourth-order valence-electron chi connectivity index (χ4n) is 4.35. The van der Waals surface area contributed by atoms with Crippen LogP contribution in [0.2, 0.25) is 0 Å². The number of halogens is 4. The smallest absolute Gasteiger partial charge is 0.375 e. The SMILES string of the molecule is CC[C@H](Nc1ccnc2[nH]ccc12)c1nc2cccc(F)c2c(=O)n1-c1cccc(CC(F)(F)F)c1. The molecule has 0 aliphatic heterocycles. The van der Waals surface area contributed by atoms with Gasteiger partial charge in [-0.25, -0.2) is 14.4 Å². The molecule has 0 radical (unpaired) electrons. The Morgan fingerprint density at radius 2 is 1.92 bits per heavy atom. The number of hydrogen-bond donors (Lipinski definition) is 2. The standard InChI is InChI=1S/C26H21F4N5O/c1-2-19(33-20-10-12-32-23-17(20)9-11-31-23)24-34-21-8-4-7-18(27)22(21)25(36)35(24)16-6-3-5-15(13-16)14-26(28,29)30/h3-13,19H,2,14H2,1H3,(H2,31,32,33)/t19-/m0/s1. The van der Waals surface area contributed by atoms with E-state index in [1.54, 1.807) is 18.5 Å². The van der Waals surface area contributed by atoms with Gasteiger partial charge in [0, 0.05) is 23.5 Å². The second kappa shape index (κ2) is 9.10. The van der Waals surface area contributed by atoms with Gasteiger partial charge in [0.25, 0.3) is 5.56 Å². The van der Waals surface area contributed by atoms with Crippen LogP contribution in [0.15, 0.2) is 71.8 Å². The molecule has 36 heavy (non-hydrogen) atoms. The first-order valence-corrected chi connectivity index (χ1v) is 11.3. The summed E-state index contributed by atoms with van der Waals surface area (Å²) >= 11 is 0. The Morgan fingerprint density at radius 3 is 2.69 bits per heavy atom. The second-order valence-electron chi connectivity index (χ2n) is 8.41. The number of nitrogens with one attached hydrogen (secondary N) is 2. The van der Waals surface area contributed by atoms with Gasteiger partial charge < -0.3 is 10.3 Å². The van der Waals surface area contributed by atoms with Crippen LogP contribution in [0.25, 0.3) is 27.6 Å². The topological polar surface area (TPSA) is 75.6 Å². The van der Waals surface area contributed by atoms with Crippen molar-refractivity contribution in [3.63, 3.8) is 0 Å². The van der Waals surface area contributed by atoms with E-state index in [4.69, 9.17) is 0 Å². The molecule has 0 aliphatic carbocycles. The van der Waals surface area contributed by atoms with Crippen molar-refractivity contribution in [3.05, 3.63) is 94.5 Å². The third-order valence-corrected chi connectivity index (χ3v) is 5.96. The fraction of sp³-hybridized carbons (Fsp3) is 0.192. The van der Waals surface area contributed by atoms with Gasteiger partial charge in [0.2, 0.25) is 0 Å². The van der Waals surface area contributed by atoms with Crippen LogP contribution in [-0.4, -0.2) is 25.7 Å². The summed E-state index contributed by atoms with van der Waals surface area (Å²) in [6.45, 7) is 1.89. The zero-order valence-corrected chi connectivity index (χ0v) is 19.1. The Morgan fingerprint density at radius 1 is 1.11 bits per heavy atom. The number of nitrogens with zero attached hydrogens (tertiary/aromatic N) is 3. The monoisotopic (exact) mass is 495 g/mol. The van der Waals surface area contributed by atoms with Gasteiger partial charge in [-0.1, -0.05) is 25.1 Å². The molecular weight excluding hydrogens is 474 g/mol. The lowest BCUT2D eigenvalue weighted by Gasteiger charge is -2.23. The molecule has 0 bridgehead atoms. The molecule has 3 heterocycles. The molecule has 3 aromatic heterocycles. The maximum absolute atomic E-state index is 14.7. The molecule has 5 aromatic rings. The molecule has 0 aliphatic rings. The minimum atomic E-state index is -4.42. The highest BCUT2D eigenvalue weighted by Gasteiger charge is 2.28. The first-order chi connectivity index (χ1) is 17.2. The molecule has 0 saturated heterocycles. The lowest BCUT2D eigenvalue weighted by molar-refractivity contribution is -0.127. The quantitative estimate of drug-likeness (QED) is 0.281. The summed E-state index contributed by atoms with van der Waals surface area (Å²) in [4.78, 5) is 25.6. The molecule has 0 amide bonds. The number of anilines is 1. The highest BCUT2D eigenvalue weighted by atomic mass is 19.4. The molecule has 0 saturated carbocycles. The molecule has 2 N–H and O–H groups in total. The minimum Gasteiger partial charge on any atom is -0.375 e. The Hall–Kier alpha value is -4.21. The number of hydrogen-bond acceptors (Lipinski definition) is 4. The molecule has 2 aromatic carbocycles. The van der Waals surface area contributed by atoms with E-state index in [1.165, 1.54) is 41.0 Å². The van der Waals surface area contributed by atoms with E-state index < -0.39 is 30.0 Å². The van der Waals surface area contributed by atoms with E-state index in [0.29, 0.717) is 12.1 Å². The highest BCUT2D eigenvalue weighted by molar-refractivity contribution is 5.89. The number of aromatic amines is 1. The second-order valence-corrected chi connectivity index (χ2v) is 8.41. The van der Waals surface area contributed by atoms with Crippen LogP contribution >= 0.6 is 0 Å². The summed E-state index contributed by atoms with van der Waals surface area (Å²) in [7, 11) is 0. The van der Waals surface area contributed by atoms with Crippen LogP contribution in [0.4, 0.5) is 23.2 Å². The fourth-order valence-corrected chi connectivity index (χ4v) is 4.35. The van der Waals surface area contributed by atoms with Crippen LogP contribution in [0.1, 0.15) is 30.8 Å². The number of aromatic nitrogens is 4. The van der Waals surface area contributed by atoms with Crippen molar-refractivity contribution in [2.24, 2.45) is 0 Å². The summed E-state index contributed by atoms with van der Waals surface area (Å²) in [5, 5.41) is 3.98. The molecular formula is C26H21F4N5O. The number of rotatable bonds is 6. The molecule has 5 rings (SSSR count). The highest BCUT2D eigenvalue weighted by Crippen LogP contribution is 2.29. The van der Waals surface area contributed by atoms with Gasteiger partial charge in [0.1, 0.15) is 22.7 Å². The number of alkyl halides is 3. The third kappa shape index (κ3) is 4.41. The van der Waals surface area contributed by atoms with Gasteiger partial charge in [-0.2, -0.15) is 13.2 Å². The first kappa shape index (κ1) is 23.5. The average Bonchev–Trinajstić information content (AvgIpc) is 3.31. The van der Waals surface area contributed by atoms with Crippen molar-refractivity contribution < 1.29 is 17.6 Å². The summed E-state index contributed by atoms with van der Waals surface area (Å²) in [6, 6.07) is 12.9. The number of pyridine rings is 1. The van der Waals surface area contributed by atoms with Crippen LogP contribution < -0.4 is 10.9 Å². The van der Waals surface area contributed by atoms with Gasteiger partial charge >= 0.3 is 6.18 Å². The Balaban J connectivity index is 1.71. The Kier molecular flexibility index (Phi) is 5.95. The zero-order valence-electron chi connectivity index (χ0n) is 19.1. The number of fused-ring (bicyclic) bond motifs is 2. The molecule has 0 unspecified atom stereocenters. The van der Waals surface area contributed by atoms with Gasteiger partial charge in [0.05, 0.1) is 23.7 Å². The van der Waals surface area contributed by atoms with E-state index in [1.807, 2.05) is 13.0 Å². The van der Waals surface area contributed by atoms with E-state index in [9.17, 15) is 22.4 Å². The largest absolute Gasteiger partial charge is 0.393 e. The molecule has 0 spiro atoms. The molecule has 10 heteroatoms. The Bertz CT molecular complexity index is 1620. The van der Waals surface area contributed by atoms with Crippen LogP contribution in [0.3, 0.4) is 0 Å². The summed E-state index contributed by atoms with van der Waals surface area (Å²) in [5.74, 6) is -0.494. The van der Waals surface area contributed by atoms with Gasteiger partial charge in [-0.15, -0.1) is 0 Å². The van der Waals surface area contributed by atoms with Gasteiger partial charge in [-0.05, 0) is 48.4 Å². The van der Waals surface area contributed by atoms with Crippen LogP contribution in [0.5, 0.6) is 0 Å². The lowest BCUT2D eigenvalue weighted by atomic mass is 10.1. The van der Waals surface area contributed by atoms with Crippen molar-refractivity contribution in [1.82, 2.24) is 19.5 Å². The van der Waals surface area contributed by atoms with Crippen molar-refractivity contribution in [2.75, 3.05) is 5.32 Å². The van der Waals surface area contributed by atoms with Crippen molar-refractivity contribution in [3.8, 4) is 5.69 Å². The normalized spacial score (nSPS) is 12.8. The van der Waals surface area contributed by atoms with E-state index >= 15 is 0 Å². The summed E-state index contributed by atoms with van der Waals surface area (Å²) in [5.41, 5.74) is 1.03. The van der Waals surface area contributed by atoms with Crippen LogP contribution in [0, 0.1) is 5.82 Å². The summed E-state index contributed by atoms with van der Waals surface area (Å²) < 4.78 is 55.1. The van der Waals surface area contributed by atoms with Crippen molar-refractivity contribution >= 4 is 27.6 Å². The minimum absolute atomic E-state index is 0.0179. The molecule has 0 fully saturated rings. The summed E-state index contributed by atoms with van der Waals surface area (Å²) in [6.07, 6.45) is -1.72. The molecule has 1 atom stereocenters. The van der Waals surface area contributed by atoms with Crippen LogP contribution in [-0.2, 0) is 6.42 Å². The predicted molar refractivity (Wildman–Crippen MR) is 130 cm³/mol. The van der Waals surface area contributed by atoms with Crippen molar-refractivity contribution in [2.45, 2.75) is 32.0 Å². The van der Waals surface area contributed by atoms with E-state index in [-0.39, 0.29) is 28.0 Å². The lowest BCUT2D eigenvalue weighted by Crippen LogP contribution is -2.29. The van der Waals surface area contributed by atoms with Gasteiger partial charge in [0.15, 0.2) is 0 Å². The molecule has 184 valence electrons. The predicted octanol–water partition coefficient (Wildman–Crippen LogP) is 6.07. The van der Waals surface area contributed by atoms with E-state index in [2.05, 4.69) is 20.3 Å².